The lowest BCUT2D eigenvalue weighted by molar-refractivity contribution is -0.193. The van der Waals surface area contributed by atoms with Crippen molar-refractivity contribution < 1.29 is 27.2 Å². The molecule has 2 aliphatic rings. The molecule has 1 saturated heterocycles. The Labute approximate surface area is 200 Å². The number of likely N-dealkylation sites (tertiary alicyclic amines) is 1. The van der Waals surface area contributed by atoms with Crippen LogP contribution in [-0.4, -0.2) is 57.0 Å². The Bertz CT molecular complexity index is 1300. The number of pyridine rings is 1. The molecule has 1 aliphatic heterocycles. The lowest BCUT2D eigenvalue weighted by atomic mass is 10.0. The van der Waals surface area contributed by atoms with E-state index in [0.717, 1.165) is 6.20 Å². The minimum Gasteiger partial charge on any atom is -0.349 e. The van der Waals surface area contributed by atoms with E-state index in [1.54, 1.807) is 18.4 Å². The quantitative estimate of drug-likeness (QED) is 0.493. The second-order valence-electron chi connectivity index (χ2n) is 8.79. The normalized spacial score (nSPS) is 18.1. The molecule has 0 aromatic carbocycles. The number of hydrogen-bond donors (Lipinski definition) is 2. The number of carbonyl (C=O) groups excluding carboxylic acids is 2. The highest BCUT2D eigenvalue weighted by Gasteiger charge is 2.68. The molecule has 184 valence electrons. The molecule has 0 spiro atoms. The molecule has 0 radical (unpaired) electrons. The maximum atomic E-state index is 13.5. The number of anilines is 1. The van der Waals surface area contributed by atoms with Gasteiger partial charge in [0.25, 0.3) is 5.91 Å². The van der Waals surface area contributed by atoms with Crippen molar-refractivity contribution in [2.24, 2.45) is 5.41 Å². The average Bonchev–Trinajstić information content (AvgIpc) is 3.48. The van der Waals surface area contributed by atoms with Crippen molar-refractivity contribution in [3.05, 3.63) is 47.0 Å². The maximum absolute atomic E-state index is 13.5. The number of alkyl halides is 3. The summed E-state index contributed by atoms with van der Waals surface area (Å²) in [5.74, 6) is -1.76. The molecule has 3 aromatic heterocycles. The zero-order valence-electron chi connectivity index (χ0n) is 18.4. The average molecular weight is 509 g/mol. The van der Waals surface area contributed by atoms with Crippen LogP contribution in [0, 0.1) is 11.2 Å². The van der Waals surface area contributed by atoms with Gasteiger partial charge < -0.3 is 15.5 Å². The van der Waals surface area contributed by atoms with E-state index in [1.807, 2.05) is 0 Å². The molecule has 2 amide bonds. The van der Waals surface area contributed by atoms with Crippen LogP contribution in [0.25, 0.3) is 10.2 Å². The van der Waals surface area contributed by atoms with E-state index in [1.165, 1.54) is 28.5 Å². The molecule has 2 fully saturated rings. The van der Waals surface area contributed by atoms with Gasteiger partial charge in [0.15, 0.2) is 5.69 Å². The topological polar surface area (TPSA) is 100 Å². The summed E-state index contributed by atoms with van der Waals surface area (Å²) >= 11 is 1.29. The fourth-order valence-corrected chi connectivity index (χ4v) is 4.80. The Morgan fingerprint density at radius 3 is 2.63 bits per heavy atom. The van der Waals surface area contributed by atoms with Gasteiger partial charge in [-0.2, -0.15) is 13.2 Å². The van der Waals surface area contributed by atoms with Crippen LogP contribution in [0.15, 0.2) is 29.9 Å². The first-order chi connectivity index (χ1) is 16.6. The van der Waals surface area contributed by atoms with Crippen LogP contribution in [0.1, 0.15) is 41.9 Å². The van der Waals surface area contributed by atoms with E-state index in [-0.39, 0.29) is 37.6 Å². The summed E-state index contributed by atoms with van der Waals surface area (Å²) in [4.78, 5) is 39.4. The lowest BCUT2D eigenvalue weighted by Crippen LogP contribution is -2.62. The third-order valence-corrected chi connectivity index (χ3v) is 7.22. The van der Waals surface area contributed by atoms with E-state index < -0.39 is 41.3 Å². The first-order valence-corrected chi connectivity index (χ1v) is 11.7. The van der Waals surface area contributed by atoms with Crippen molar-refractivity contribution in [2.45, 2.75) is 38.0 Å². The van der Waals surface area contributed by atoms with Gasteiger partial charge in [-0.1, -0.05) is 0 Å². The van der Waals surface area contributed by atoms with Gasteiger partial charge in [0, 0.05) is 19.3 Å². The van der Waals surface area contributed by atoms with Crippen molar-refractivity contribution in [1.29, 1.82) is 0 Å². The highest BCUT2D eigenvalue weighted by molar-refractivity contribution is 7.17. The standard InChI is InChI=1S/C22H20F4N6O2S/c1-11(12-6-13(23)8-27-7-12)28-20-30-15-2-5-35-17(15)16(31-20)18(33)32-9-14(10-32)29-19(34)21(3-4-21)22(24,25)26/h2,5-8,11,14H,3-4,9-10H2,1H3,(H,29,34)(H,28,30,31). The summed E-state index contributed by atoms with van der Waals surface area (Å²) in [6, 6.07) is 2.12. The number of fused-ring (bicyclic) bond motifs is 1. The van der Waals surface area contributed by atoms with Crippen molar-refractivity contribution in [3.8, 4) is 0 Å². The summed E-state index contributed by atoms with van der Waals surface area (Å²) in [5.41, 5.74) is -1.02. The van der Waals surface area contributed by atoms with Gasteiger partial charge >= 0.3 is 6.18 Å². The van der Waals surface area contributed by atoms with Crippen molar-refractivity contribution in [1.82, 2.24) is 25.2 Å². The van der Waals surface area contributed by atoms with E-state index in [0.29, 0.717) is 15.8 Å². The number of hydrogen-bond acceptors (Lipinski definition) is 7. The van der Waals surface area contributed by atoms with Crippen molar-refractivity contribution >= 4 is 39.3 Å². The molecule has 5 rings (SSSR count). The monoisotopic (exact) mass is 508 g/mol. The second kappa shape index (κ2) is 8.40. The van der Waals surface area contributed by atoms with E-state index in [4.69, 9.17) is 0 Å². The first kappa shape index (κ1) is 23.4. The predicted molar refractivity (Wildman–Crippen MR) is 119 cm³/mol. The number of thiophene rings is 1. The molecule has 1 aliphatic carbocycles. The highest BCUT2D eigenvalue weighted by atomic mass is 32.1. The minimum absolute atomic E-state index is 0.0868. The molecule has 4 heterocycles. The van der Waals surface area contributed by atoms with Gasteiger partial charge in [-0.15, -0.1) is 11.3 Å². The third-order valence-electron chi connectivity index (χ3n) is 6.31. The largest absolute Gasteiger partial charge is 0.403 e. The smallest absolute Gasteiger partial charge is 0.349 e. The lowest BCUT2D eigenvalue weighted by Gasteiger charge is -2.40. The Kier molecular flexibility index (Phi) is 5.61. The minimum atomic E-state index is -4.58. The van der Waals surface area contributed by atoms with E-state index >= 15 is 0 Å². The van der Waals surface area contributed by atoms with Gasteiger partial charge in [-0.3, -0.25) is 14.6 Å². The van der Waals surface area contributed by atoms with Gasteiger partial charge in [-0.25, -0.2) is 14.4 Å². The zero-order chi connectivity index (χ0) is 25.0. The fraction of sp³-hybridized carbons (Fsp3) is 0.409. The maximum Gasteiger partial charge on any atom is 0.403 e. The van der Waals surface area contributed by atoms with Crippen LogP contribution >= 0.6 is 11.3 Å². The number of carbonyl (C=O) groups is 2. The summed E-state index contributed by atoms with van der Waals surface area (Å²) in [6.45, 7) is 1.95. The number of nitrogens with one attached hydrogen (secondary N) is 2. The zero-order valence-corrected chi connectivity index (χ0v) is 19.2. The molecular weight excluding hydrogens is 488 g/mol. The summed E-state index contributed by atoms with van der Waals surface area (Å²) in [7, 11) is 0. The molecule has 1 saturated carbocycles. The van der Waals surface area contributed by atoms with Crippen molar-refractivity contribution in [2.75, 3.05) is 18.4 Å². The molecule has 2 N–H and O–H groups in total. The van der Waals surface area contributed by atoms with Gasteiger partial charge in [0.1, 0.15) is 11.2 Å². The molecule has 0 bridgehead atoms. The van der Waals surface area contributed by atoms with Crippen LogP contribution in [-0.2, 0) is 4.79 Å². The van der Waals surface area contributed by atoms with Crippen LogP contribution in [0.5, 0.6) is 0 Å². The molecular formula is C22H20F4N6O2S. The molecule has 8 nitrogen and oxygen atoms in total. The second-order valence-corrected chi connectivity index (χ2v) is 9.71. The predicted octanol–water partition coefficient (Wildman–Crippen LogP) is 3.68. The third kappa shape index (κ3) is 4.28. The Hall–Kier alpha value is -3.35. The summed E-state index contributed by atoms with van der Waals surface area (Å²) < 4.78 is 53.6. The molecule has 35 heavy (non-hydrogen) atoms. The van der Waals surface area contributed by atoms with Crippen LogP contribution in [0.3, 0.4) is 0 Å². The van der Waals surface area contributed by atoms with E-state index in [2.05, 4.69) is 25.6 Å². The first-order valence-electron chi connectivity index (χ1n) is 10.9. The van der Waals surface area contributed by atoms with Gasteiger partial charge in [-0.05, 0) is 42.8 Å². The van der Waals surface area contributed by atoms with Crippen LogP contribution in [0.2, 0.25) is 0 Å². The molecule has 3 aromatic rings. The van der Waals surface area contributed by atoms with Crippen LogP contribution in [0.4, 0.5) is 23.5 Å². The summed E-state index contributed by atoms with van der Waals surface area (Å²) in [5, 5.41) is 7.24. The fourth-order valence-electron chi connectivity index (χ4n) is 3.99. The SMILES string of the molecule is CC(Nc1nc(C(=O)N2CC(NC(=O)C3(C(F)(F)F)CC3)C2)c2sccc2n1)c1cncc(F)c1. The molecule has 13 heteroatoms. The van der Waals surface area contributed by atoms with Crippen molar-refractivity contribution in [3.63, 3.8) is 0 Å². The van der Waals surface area contributed by atoms with Gasteiger partial charge in [0.2, 0.25) is 11.9 Å². The number of rotatable bonds is 6. The highest BCUT2D eigenvalue weighted by Crippen LogP contribution is 2.57. The molecule has 1 unspecified atom stereocenters. The molecule has 1 atom stereocenters. The van der Waals surface area contributed by atoms with Crippen LogP contribution < -0.4 is 10.6 Å². The van der Waals surface area contributed by atoms with Gasteiger partial charge in [0.05, 0.1) is 28.5 Å². The number of aromatic nitrogens is 3. The Balaban J connectivity index is 1.28. The Morgan fingerprint density at radius 1 is 1.23 bits per heavy atom. The summed E-state index contributed by atoms with van der Waals surface area (Å²) in [6.07, 6.45) is -2.40. The Morgan fingerprint density at radius 2 is 1.97 bits per heavy atom. The number of halogens is 4. The number of nitrogens with zero attached hydrogens (tertiary/aromatic N) is 4. The number of amides is 2. The van der Waals surface area contributed by atoms with E-state index in [9.17, 15) is 27.2 Å².